The van der Waals surface area contributed by atoms with Crippen molar-refractivity contribution < 1.29 is 9.84 Å². The Morgan fingerprint density at radius 1 is 1.47 bits per heavy atom. The van der Waals surface area contributed by atoms with Crippen molar-refractivity contribution in [2.75, 3.05) is 24.7 Å². The lowest BCUT2D eigenvalue weighted by Crippen LogP contribution is -2.17. The van der Waals surface area contributed by atoms with Crippen molar-refractivity contribution in [2.45, 2.75) is 17.9 Å². The van der Waals surface area contributed by atoms with Crippen LogP contribution >= 0.6 is 11.8 Å². The zero-order valence-electron chi connectivity index (χ0n) is 8.85. The standard InChI is InChI=1S/C11H17NO2S/c1-2-14-7-9(13)8-15-11-6-4-3-5-10(11)12/h3-6,9,13H,2,7-8,12H2,1H3. The van der Waals surface area contributed by atoms with Crippen LogP contribution in [0.25, 0.3) is 0 Å². The molecule has 0 saturated heterocycles. The maximum Gasteiger partial charge on any atom is 0.0867 e. The largest absolute Gasteiger partial charge is 0.398 e. The molecule has 3 nitrogen and oxygen atoms in total. The summed E-state index contributed by atoms with van der Waals surface area (Å²) in [5.41, 5.74) is 6.53. The Balaban J connectivity index is 2.33. The van der Waals surface area contributed by atoms with Gasteiger partial charge in [0.25, 0.3) is 0 Å². The third-order valence-corrected chi connectivity index (χ3v) is 3.10. The minimum Gasteiger partial charge on any atom is -0.398 e. The Hall–Kier alpha value is -0.710. The van der Waals surface area contributed by atoms with E-state index in [0.29, 0.717) is 19.0 Å². The Morgan fingerprint density at radius 2 is 2.20 bits per heavy atom. The number of para-hydroxylation sites is 1. The van der Waals surface area contributed by atoms with Crippen LogP contribution in [0.2, 0.25) is 0 Å². The maximum atomic E-state index is 9.55. The first-order chi connectivity index (χ1) is 7.24. The van der Waals surface area contributed by atoms with Gasteiger partial charge in [-0.05, 0) is 19.1 Å². The maximum absolute atomic E-state index is 9.55. The fraction of sp³-hybridized carbons (Fsp3) is 0.455. The van der Waals surface area contributed by atoms with Crippen molar-refractivity contribution in [2.24, 2.45) is 0 Å². The highest BCUT2D eigenvalue weighted by molar-refractivity contribution is 7.99. The molecule has 0 heterocycles. The first-order valence-electron chi connectivity index (χ1n) is 4.97. The first kappa shape index (κ1) is 12.4. The Labute approximate surface area is 94.6 Å². The summed E-state index contributed by atoms with van der Waals surface area (Å²) in [7, 11) is 0. The number of anilines is 1. The number of nitrogen functional groups attached to an aromatic ring is 1. The number of rotatable bonds is 6. The molecule has 1 atom stereocenters. The summed E-state index contributed by atoms with van der Waals surface area (Å²) >= 11 is 1.55. The number of hydrogen-bond acceptors (Lipinski definition) is 4. The molecule has 0 bridgehead atoms. The fourth-order valence-corrected chi connectivity index (χ4v) is 1.98. The SMILES string of the molecule is CCOCC(O)CSc1ccccc1N. The molecule has 0 fully saturated rings. The van der Waals surface area contributed by atoms with Crippen molar-refractivity contribution in [3.63, 3.8) is 0 Å². The van der Waals surface area contributed by atoms with Gasteiger partial charge in [0.05, 0.1) is 12.7 Å². The van der Waals surface area contributed by atoms with Gasteiger partial charge in [-0.1, -0.05) is 12.1 Å². The molecular weight excluding hydrogens is 210 g/mol. The van der Waals surface area contributed by atoms with Crippen LogP contribution in [0.15, 0.2) is 29.2 Å². The molecular formula is C11H17NO2S. The number of nitrogens with two attached hydrogens (primary N) is 1. The lowest BCUT2D eigenvalue weighted by molar-refractivity contribution is 0.0551. The topological polar surface area (TPSA) is 55.5 Å². The van der Waals surface area contributed by atoms with Gasteiger partial charge in [0, 0.05) is 22.9 Å². The van der Waals surface area contributed by atoms with E-state index in [0.717, 1.165) is 10.6 Å². The van der Waals surface area contributed by atoms with E-state index in [1.54, 1.807) is 11.8 Å². The Morgan fingerprint density at radius 3 is 2.87 bits per heavy atom. The normalized spacial score (nSPS) is 12.7. The van der Waals surface area contributed by atoms with Gasteiger partial charge in [-0.2, -0.15) is 0 Å². The summed E-state index contributed by atoms with van der Waals surface area (Å²) in [6.07, 6.45) is -0.436. The second-order valence-corrected chi connectivity index (χ2v) is 4.22. The molecule has 0 aliphatic rings. The third kappa shape index (κ3) is 4.55. The van der Waals surface area contributed by atoms with Crippen molar-refractivity contribution in [3.05, 3.63) is 24.3 Å². The molecule has 0 aliphatic heterocycles. The van der Waals surface area contributed by atoms with Crippen LogP contribution in [0, 0.1) is 0 Å². The molecule has 0 radical (unpaired) electrons. The summed E-state index contributed by atoms with van der Waals surface area (Å²) in [4.78, 5) is 1.01. The van der Waals surface area contributed by atoms with Crippen LogP contribution in [-0.4, -0.2) is 30.2 Å². The molecule has 0 amide bonds. The van der Waals surface area contributed by atoms with Crippen LogP contribution < -0.4 is 5.73 Å². The third-order valence-electron chi connectivity index (χ3n) is 1.86. The molecule has 1 aromatic rings. The number of benzene rings is 1. The number of thioether (sulfide) groups is 1. The van der Waals surface area contributed by atoms with E-state index in [9.17, 15) is 5.11 Å². The van der Waals surface area contributed by atoms with Gasteiger partial charge in [-0.15, -0.1) is 11.8 Å². The van der Waals surface area contributed by atoms with E-state index in [4.69, 9.17) is 10.5 Å². The van der Waals surface area contributed by atoms with Crippen LogP contribution in [0.3, 0.4) is 0 Å². The van der Waals surface area contributed by atoms with E-state index in [1.807, 2.05) is 31.2 Å². The van der Waals surface area contributed by atoms with Gasteiger partial charge in [0.1, 0.15) is 0 Å². The summed E-state index contributed by atoms with van der Waals surface area (Å²) in [5.74, 6) is 0.605. The van der Waals surface area contributed by atoms with Crippen LogP contribution in [-0.2, 0) is 4.74 Å². The average Bonchev–Trinajstić information content (AvgIpc) is 2.25. The molecule has 15 heavy (non-hydrogen) atoms. The highest BCUT2D eigenvalue weighted by atomic mass is 32.2. The van der Waals surface area contributed by atoms with Crippen molar-refractivity contribution in [1.29, 1.82) is 0 Å². The smallest absolute Gasteiger partial charge is 0.0867 e. The minimum absolute atomic E-state index is 0.385. The zero-order valence-corrected chi connectivity index (χ0v) is 9.67. The summed E-state index contributed by atoms with van der Waals surface area (Å²) in [6, 6.07) is 7.65. The predicted molar refractivity (Wildman–Crippen MR) is 64.1 cm³/mol. The van der Waals surface area contributed by atoms with Gasteiger partial charge in [0.2, 0.25) is 0 Å². The molecule has 1 rings (SSSR count). The monoisotopic (exact) mass is 227 g/mol. The highest BCUT2D eigenvalue weighted by Gasteiger charge is 2.06. The van der Waals surface area contributed by atoms with Crippen molar-refractivity contribution in [1.82, 2.24) is 0 Å². The molecule has 0 aromatic heterocycles. The van der Waals surface area contributed by atoms with Crippen LogP contribution in [0.1, 0.15) is 6.92 Å². The number of aliphatic hydroxyl groups is 1. The van der Waals surface area contributed by atoms with Gasteiger partial charge >= 0.3 is 0 Å². The fourth-order valence-electron chi connectivity index (χ4n) is 1.10. The van der Waals surface area contributed by atoms with Crippen molar-refractivity contribution in [3.8, 4) is 0 Å². The van der Waals surface area contributed by atoms with E-state index < -0.39 is 6.10 Å². The molecule has 1 unspecified atom stereocenters. The van der Waals surface area contributed by atoms with Gasteiger partial charge in [-0.25, -0.2) is 0 Å². The minimum atomic E-state index is -0.436. The number of aliphatic hydroxyl groups excluding tert-OH is 1. The summed E-state index contributed by atoms with van der Waals surface area (Å²) in [5, 5.41) is 9.55. The molecule has 1 aromatic carbocycles. The van der Waals surface area contributed by atoms with Gasteiger partial charge in [-0.3, -0.25) is 0 Å². The molecule has 3 N–H and O–H groups in total. The average molecular weight is 227 g/mol. The lowest BCUT2D eigenvalue weighted by Gasteiger charge is -2.10. The first-order valence-corrected chi connectivity index (χ1v) is 5.95. The van der Waals surface area contributed by atoms with Gasteiger partial charge in [0.15, 0.2) is 0 Å². The Bertz CT molecular complexity index is 294. The number of ether oxygens (including phenoxy) is 1. The van der Waals surface area contributed by atoms with E-state index >= 15 is 0 Å². The zero-order chi connectivity index (χ0) is 11.1. The number of hydrogen-bond donors (Lipinski definition) is 2. The van der Waals surface area contributed by atoms with Crippen LogP contribution in [0.5, 0.6) is 0 Å². The molecule has 84 valence electrons. The lowest BCUT2D eigenvalue weighted by atomic mass is 10.3. The second kappa shape index (κ2) is 6.71. The van der Waals surface area contributed by atoms with Crippen LogP contribution in [0.4, 0.5) is 5.69 Å². The highest BCUT2D eigenvalue weighted by Crippen LogP contribution is 2.24. The van der Waals surface area contributed by atoms with Crippen molar-refractivity contribution >= 4 is 17.4 Å². The van der Waals surface area contributed by atoms with E-state index in [1.165, 1.54) is 0 Å². The molecule has 0 aliphatic carbocycles. The Kier molecular flexibility index (Phi) is 5.53. The van der Waals surface area contributed by atoms with E-state index in [-0.39, 0.29) is 0 Å². The second-order valence-electron chi connectivity index (χ2n) is 3.16. The quantitative estimate of drug-likeness (QED) is 0.574. The summed E-state index contributed by atoms with van der Waals surface area (Å²) in [6.45, 7) is 2.93. The summed E-state index contributed by atoms with van der Waals surface area (Å²) < 4.78 is 5.12. The predicted octanol–water partition coefficient (Wildman–Crippen LogP) is 1.76. The molecule has 0 saturated carbocycles. The van der Waals surface area contributed by atoms with Gasteiger partial charge < -0.3 is 15.6 Å². The molecule has 4 heteroatoms. The van der Waals surface area contributed by atoms with E-state index in [2.05, 4.69) is 0 Å². The molecule has 0 spiro atoms.